The second-order valence-electron chi connectivity index (χ2n) is 18.1. The molecule has 6 heteroatoms. The fourth-order valence-electron chi connectivity index (χ4n) is 7.76. The minimum Gasteiger partial charge on any atom is -0.462 e. The summed E-state index contributed by atoms with van der Waals surface area (Å²) in [7, 11) is 0. The minimum absolute atomic E-state index is 0.0154. The molecule has 376 valence electrons. The summed E-state index contributed by atoms with van der Waals surface area (Å²) in [6.07, 6.45) is 71.5. The van der Waals surface area contributed by atoms with Crippen LogP contribution < -0.4 is 5.32 Å². The van der Waals surface area contributed by atoms with E-state index >= 15 is 0 Å². The number of hydrogen-bond acceptors (Lipinski definition) is 5. The Hall–Kier alpha value is -3.48. The first-order chi connectivity index (χ1) is 32.5. The number of unbranched alkanes of at least 4 members (excludes halogenated alkanes) is 24. The summed E-state index contributed by atoms with van der Waals surface area (Å²) in [4.78, 5) is 26.2. The molecule has 6 nitrogen and oxygen atoms in total. The molecule has 0 aliphatic rings. The zero-order valence-corrected chi connectivity index (χ0v) is 42.8. The van der Waals surface area contributed by atoms with Crippen LogP contribution in [0, 0.1) is 0 Å². The molecule has 3 atom stereocenters. The van der Waals surface area contributed by atoms with E-state index < -0.39 is 18.2 Å². The average Bonchev–Trinajstić information content (AvgIpc) is 3.31. The number of aliphatic hydroxyl groups excluding tert-OH is 2. The van der Waals surface area contributed by atoms with Gasteiger partial charge in [0.1, 0.15) is 6.10 Å². The maximum absolute atomic E-state index is 13.2. The molecule has 0 rings (SSSR count). The van der Waals surface area contributed by atoms with Gasteiger partial charge in [0, 0.05) is 6.42 Å². The quantitative estimate of drug-likeness (QED) is 0.0321. The van der Waals surface area contributed by atoms with Gasteiger partial charge in [-0.05, 0) is 57.8 Å². The Morgan fingerprint density at radius 1 is 0.455 bits per heavy atom. The molecule has 0 aliphatic heterocycles. The van der Waals surface area contributed by atoms with Crippen molar-refractivity contribution in [1.29, 1.82) is 0 Å². The van der Waals surface area contributed by atoms with E-state index in [2.05, 4.69) is 74.7 Å². The van der Waals surface area contributed by atoms with Crippen LogP contribution in [0.4, 0.5) is 0 Å². The molecule has 0 saturated carbocycles. The van der Waals surface area contributed by atoms with Gasteiger partial charge in [-0.1, -0.05) is 271 Å². The van der Waals surface area contributed by atoms with E-state index in [4.69, 9.17) is 4.74 Å². The SMILES string of the molecule is CC\C=C/C=C/C=C/C=C\C=C\C=C\CCCC(CC(=O)NC(CO)C(O)CCCCCCCCCCCCCCCCCCC)OC(=O)CCCCCCCCC/C=C/C=C/C=C/CC. The van der Waals surface area contributed by atoms with Crippen molar-refractivity contribution in [2.24, 2.45) is 0 Å². The zero-order chi connectivity index (χ0) is 48.1. The first kappa shape index (κ1) is 62.5. The van der Waals surface area contributed by atoms with Gasteiger partial charge in [0.05, 0.1) is 25.2 Å². The van der Waals surface area contributed by atoms with Crippen molar-refractivity contribution in [2.45, 2.75) is 251 Å². The molecule has 0 aromatic heterocycles. The summed E-state index contributed by atoms with van der Waals surface area (Å²) in [5, 5.41) is 23.8. The molecule has 3 unspecified atom stereocenters. The van der Waals surface area contributed by atoms with Gasteiger partial charge in [-0.25, -0.2) is 0 Å². The summed E-state index contributed by atoms with van der Waals surface area (Å²) in [6, 6.07) is -0.736. The van der Waals surface area contributed by atoms with Gasteiger partial charge in [-0.3, -0.25) is 9.59 Å². The number of aliphatic hydroxyl groups is 2. The van der Waals surface area contributed by atoms with E-state index in [0.717, 1.165) is 70.6 Å². The molecule has 0 saturated heterocycles. The van der Waals surface area contributed by atoms with Crippen molar-refractivity contribution >= 4 is 11.9 Å². The Bertz CT molecular complexity index is 1350. The molecule has 0 aromatic rings. The van der Waals surface area contributed by atoms with Gasteiger partial charge >= 0.3 is 5.97 Å². The van der Waals surface area contributed by atoms with Gasteiger partial charge < -0.3 is 20.3 Å². The lowest BCUT2D eigenvalue weighted by molar-refractivity contribution is -0.151. The van der Waals surface area contributed by atoms with Crippen molar-refractivity contribution in [3.8, 4) is 0 Å². The van der Waals surface area contributed by atoms with Gasteiger partial charge in [-0.15, -0.1) is 0 Å². The number of hydrogen-bond donors (Lipinski definition) is 3. The summed E-state index contributed by atoms with van der Waals surface area (Å²) in [6.45, 7) is 6.19. The van der Waals surface area contributed by atoms with Crippen LogP contribution in [-0.2, 0) is 14.3 Å². The highest BCUT2D eigenvalue weighted by Gasteiger charge is 2.24. The second kappa shape index (κ2) is 52.5. The number of carbonyl (C=O) groups is 2. The molecule has 0 spiro atoms. The predicted octanol–water partition coefficient (Wildman–Crippen LogP) is 16.7. The molecule has 0 radical (unpaired) electrons. The van der Waals surface area contributed by atoms with Crippen LogP contribution in [0.15, 0.2) is 109 Å². The van der Waals surface area contributed by atoms with E-state index in [1.54, 1.807) is 0 Å². The largest absolute Gasteiger partial charge is 0.462 e. The van der Waals surface area contributed by atoms with E-state index in [1.807, 2.05) is 60.8 Å². The number of esters is 1. The number of nitrogens with one attached hydrogen (secondary N) is 1. The van der Waals surface area contributed by atoms with Crippen LogP contribution in [0.25, 0.3) is 0 Å². The van der Waals surface area contributed by atoms with Crippen LogP contribution in [0.2, 0.25) is 0 Å². The molecule has 66 heavy (non-hydrogen) atoms. The first-order valence-electron chi connectivity index (χ1n) is 27.2. The van der Waals surface area contributed by atoms with E-state index in [9.17, 15) is 19.8 Å². The normalized spacial score (nSPS) is 14.1. The van der Waals surface area contributed by atoms with E-state index in [0.29, 0.717) is 19.3 Å². The van der Waals surface area contributed by atoms with E-state index in [-0.39, 0.29) is 24.9 Å². The van der Waals surface area contributed by atoms with Gasteiger partial charge in [0.15, 0.2) is 0 Å². The van der Waals surface area contributed by atoms with Gasteiger partial charge in [0.25, 0.3) is 0 Å². The number of allylic oxidation sites excluding steroid dienone is 18. The summed E-state index contributed by atoms with van der Waals surface area (Å²) in [5.41, 5.74) is 0. The van der Waals surface area contributed by atoms with Crippen LogP contribution in [-0.4, -0.2) is 46.9 Å². The summed E-state index contributed by atoms with van der Waals surface area (Å²) in [5.74, 6) is -0.569. The maximum atomic E-state index is 13.2. The summed E-state index contributed by atoms with van der Waals surface area (Å²) >= 11 is 0. The minimum atomic E-state index is -0.817. The fourth-order valence-corrected chi connectivity index (χ4v) is 7.76. The first-order valence-corrected chi connectivity index (χ1v) is 27.2. The van der Waals surface area contributed by atoms with Crippen LogP contribution >= 0.6 is 0 Å². The smallest absolute Gasteiger partial charge is 0.306 e. The maximum Gasteiger partial charge on any atom is 0.306 e. The molecular formula is C60H101NO5. The zero-order valence-electron chi connectivity index (χ0n) is 42.8. The fraction of sp³-hybridized carbons (Fsp3) is 0.667. The Labute approximate surface area is 407 Å². The van der Waals surface area contributed by atoms with Gasteiger partial charge in [-0.2, -0.15) is 0 Å². The highest BCUT2D eigenvalue weighted by Crippen LogP contribution is 2.17. The monoisotopic (exact) mass is 916 g/mol. The third-order valence-corrected chi connectivity index (χ3v) is 11.8. The van der Waals surface area contributed by atoms with Crippen molar-refractivity contribution in [2.75, 3.05) is 6.61 Å². The Morgan fingerprint density at radius 3 is 1.27 bits per heavy atom. The molecule has 0 bridgehead atoms. The molecule has 0 aromatic carbocycles. The second-order valence-corrected chi connectivity index (χ2v) is 18.1. The number of ether oxygens (including phenoxy) is 1. The molecular weight excluding hydrogens is 815 g/mol. The standard InChI is InChI=1S/C60H101NO5/c1-4-7-10-13-16-19-22-25-28-29-32-34-37-40-43-46-49-52-58(63)57(55-62)61-59(64)54-56(51-48-45-42-39-36-33-30-26-23-20-17-14-11-8-5-2)66-60(65)53-50-47-44-41-38-35-31-27-24-21-18-15-12-9-6-3/h8-9,11-12,14-15,17-18,20-21,23-24,26,30,33,36,39,42,56-58,62-63H,4-7,10,13,16,19,22,25,27-29,31-32,34-35,37-38,40-41,43-55H2,1-3H3,(H,61,64)/b11-8-,12-9+,17-14+,18-15+,23-20+,24-21+,30-26-,36-33+,42-39+. The molecule has 0 aliphatic carbocycles. The molecule has 0 fully saturated rings. The Kier molecular flexibility index (Phi) is 49.7. The molecule has 1 amide bonds. The topological polar surface area (TPSA) is 95.9 Å². The van der Waals surface area contributed by atoms with Gasteiger partial charge in [0.2, 0.25) is 5.91 Å². The lowest BCUT2D eigenvalue weighted by atomic mass is 10.0. The highest BCUT2D eigenvalue weighted by molar-refractivity contribution is 5.77. The molecule has 0 heterocycles. The van der Waals surface area contributed by atoms with Crippen molar-refractivity contribution in [3.05, 3.63) is 109 Å². The molecule has 3 N–H and O–H groups in total. The van der Waals surface area contributed by atoms with E-state index in [1.165, 1.54) is 116 Å². The highest BCUT2D eigenvalue weighted by atomic mass is 16.5. The van der Waals surface area contributed by atoms with Crippen molar-refractivity contribution < 1.29 is 24.5 Å². The third kappa shape index (κ3) is 47.0. The van der Waals surface area contributed by atoms with Crippen molar-refractivity contribution in [1.82, 2.24) is 5.32 Å². The third-order valence-electron chi connectivity index (χ3n) is 11.8. The van der Waals surface area contributed by atoms with Crippen LogP contribution in [0.3, 0.4) is 0 Å². The Balaban J connectivity index is 4.69. The summed E-state index contributed by atoms with van der Waals surface area (Å²) < 4.78 is 5.90. The Morgan fingerprint density at radius 2 is 0.833 bits per heavy atom. The lowest BCUT2D eigenvalue weighted by Crippen LogP contribution is -2.46. The van der Waals surface area contributed by atoms with Crippen LogP contribution in [0.1, 0.15) is 233 Å². The number of carbonyl (C=O) groups excluding carboxylic acids is 2. The number of rotatable bonds is 47. The van der Waals surface area contributed by atoms with Crippen LogP contribution in [0.5, 0.6) is 0 Å². The predicted molar refractivity (Wildman–Crippen MR) is 287 cm³/mol. The lowest BCUT2D eigenvalue weighted by Gasteiger charge is -2.24. The van der Waals surface area contributed by atoms with Crippen molar-refractivity contribution in [3.63, 3.8) is 0 Å². The number of amides is 1. The average molecular weight is 916 g/mol.